The summed E-state index contributed by atoms with van der Waals surface area (Å²) in [7, 11) is 0. The first kappa shape index (κ1) is 8.49. The molecule has 4 heteroatoms. The predicted octanol–water partition coefficient (Wildman–Crippen LogP) is -0.424. The first-order valence-electron chi connectivity index (χ1n) is 3.82. The van der Waals surface area contributed by atoms with Crippen molar-refractivity contribution in [1.29, 1.82) is 0 Å². The van der Waals surface area contributed by atoms with Crippen LogP contribution < -0.4 is 5.32 Å². The molecule has 0 aromatic carbocycles. The molecule has 0 saturated carbocycles. The highest BCUT2D eigenvalue weighted by molar-refractivity contribution is 5.77. The second-order valence-corrected chi connectivity index (χ2v) is 2.94. The Labute approximate surface area is 65.2 Å². The second kappa shape index (κ2) is 3.19. The van der Waals surface area contributed by atoms with E-state index in [0.717, 1.165) is 13.0 Å². The minimum absolute atomic E-state index is 0.308. The number of carboxylic acid groups (broad SMARTS) is 1. The maximum Gasteiger partial charge on any atom is 0.335 e. The molecule has 1 fully saturated rings. The third-order valence-electron chi connectivity index (χ3n) is 2.06. The van der Waals surface area contributed by atoms with Crippen molar-refractivity contribution in [2.45, 2.75) is 24.9 Å². The van der Waals surface area contributed by atoms with Crippen molar-refractivity contribution in [1.82, 2.24) is 5.32 Å². The van der Waals surface area contributed by atoms with Crippen molar-refractivity contribution in [2.75, 3.05) is 13.1 Å². The molecule has 1 rings (SSSR count). The zero-order valence-electron chi connectivity index (χ0n) is 6.34. The van der Waals surface area contributed by atoms with Gasteiger partial charge in [0.05, 0.1) is 0 Å². The standard InChI is InChI=1S/C7H13NO3/c9-6(10)7(11)2-1-4-8-5-3-7/h8,11H,1-5H2,(H,9,10). The van der Waals surface area contributed by atoms with E-state index in [4.69, 9.17) is 5.11 Å². The van der Waals surface area contributed by atoms with Gasteiger partial charge < -0.3 is 15.5 Å². The SMILES string of the molecule is O=C(O)C1(O)CCCNCC1. The molecule has 11 heavy (non-hydrogen) atoms. The van der Waals surface area contributed by atoms with Crippen molar-refractivity contribution in [2.24, 2.45) is 0 Å². The molecule has 0 aromatic rings. The van der Waals surface area contributed by atoms with Gasteiger partial charge in [-0.25, -0.2) is 4.79 Å². The summed E-state index contributed by atoms with van der Waals surface area (Å²) >= 11 is 0. The van der Waals surface area contributed by atoms with Gasteiger partial charge in [0.2, 0.25) is 0 Å². The van der Waals surface area contributed by atoms with Crippen LogP contribution in [0.15, 0.2) is 0 Å². The van der Waals surface area contributed by atoms with Gasteiger partial charge in [-0.15, -0.1) is 0 Å². The van der Waals surface area contributed by atoms with Gasteiger partial charge in [-0.3, -0.25) is 0 Å². The van der Waals surface area contributed by atoms with Crippen LogP contribution in [0.4, 0.5) is 0 Å². The van der Waals surface area contributed by atoms with E-state index < -0.39 is 11.6 Å². The molecular weight excluding hydrogens is 146 g/mol. The smallest absolute Gasteiger partial charge is 0.335 e. The van der Waals surface area contributed by atoms with Gasteiger partial charge in [0.1, 0.15) is 0 Å². The van der Waals surface area contributed by atoms with E-state index in [1.54, 1.807) is 0 Å². The van der Waals surface area contributed by atoms with Crippen molar-refractivity contribution >= 4 is 5.97 Å². The summed E-state index contributed by atoms with van der Waals surface area (Å²) in [5.41, 5.74) is -1.48. The lowest BCUT2D eigenvalue weighted by Gasteiger charge is -2.19. The fourth-order valence-corrected chi connectivity index (χ4v) is 1.26. The molecule has 0 aromatic heterocycles. The van der Waals surface area contributed by atoms with E-state index >= 15 is 0 Å². The Morgan fingerprint density at radius 2 is 2.09 bits per heavy atom. The predicted molar refractivity (Wildman–Crippen MR) is 39.3 cm³/mol. The van der Waals surface area contributed by atoms with Crippen LogP contribution in [0.3, 0.4) is 0 Å². The largest absolute Gasteiger partial charge is 0.479 e. The van der Waals surface area contributed by atoms with E-state index in [1.807, 2.05) is 0 Å². The Morgan fingerprint density at radius 3 is 2.73 bits per heavy atom. The van der Waals surface area contributed by atoms with Gasteiger partial charge in [0, 0.05) is 0 Å². The van der Waals surface area contributed by atoms with Gasteiger partial charge in [-0.05, 0) is 32.4 Å². The summed E-state index contributed by atoms with van der Waals surface area (Å²) in [5.74, 6) is -1.10. The Kier molecular flexibility index (Phi) is 2.46. The number of hydrogen-bond acceptors (Lipinski definition) is 3. The number of nitrogens with one attached hydrogen (secondary N) is 1. The van der Waals surface area contributed by atoms with Crippen molar-refractivity contribution in [3.8, 4) is 0 Å². The van der Waals surface area contributed by atoms with Gasteiger partial charge in [-0.1, -0.05) is 0 Å². The third kappa shape index (κ3) is 1.91. The zero-order chi connectivity index (χ0) is 8.32. The van der Waals surface area contributed by atoms with Crippen LogP contribution in [-0.2, 0) is 4.79 Å². The van der Waals surface area contributed by atoms with Gasteiger partial charge in [-0.2, -0.15) is 0 Å². The third-order valence-corrected chi connectivity index (χ3v) is 2.06. The summed E-state index contributed by atoms with van der Waals surface area (Å²) < 4.78 is 0. The number of rotatable bonds is 1. The number of carboxylic acids is 1. The Balaban J connectivity index is 2.59. The van der Waals surface area contributed by atoms with Gasteiger partial charge in [0.25, 0.3) is 0 Å². The number of carbonyl (C=O) groups is 1. The molecule has 0 amide bonds. The lowest BCUT2D eigenvalue weighted by Crippen LogP contribution is -2.39. The van der Waals surface area contributed by atoms with Crippen LogP contribution in [-0.4, -0.2) is 34.9 Å². The van der Waals surface area contributed by atoms with E-state index in [1.165, 1.54) is 0 Å². The first-order chi connectivity index (χ1) is 5.15. The van der Waals surface area contributed by atoms with Gasteiger partial charge in [0.15, 0.2) is 5.60 Å². The molecular formula is C7H13NO3. The first-order valence-corrected chi connectivity index (χ1v) is 3.82. The summed E-state index contributed by atoms with van der Waals surface area (Å²) in [6.45, 7) is 1.39. The molecule has 1 heterocycles. The average Bonchev–Trinajstić information content (AvgIpc) is 2.15. The monoisotopic (exact) mass is 159 g/mol. The molecule has 1 aliphatic rings. The second-order valence-electron chi connectivity index (χ2n) is 2.94. The molecule has 1 atom stereocenters. The molecule has 0 bridgehead atoms. The maximum absolute atomic E-state index is 10.6. The minimum atomic E-state index is -1.48. The summed E-state index contributed by atoms with van der Waals surface area (Å²) in [5, 5.41) is 21.2. The Morgan fingerprint density at radius 1 is 1.36 bits per heavy atom. The Bertz CT molecular complexity index is 150. The fourth-order valence-electron chi connectivity index (χ4n) is 1.26. The molecule has 0 aliphatic carbocycles. The lowest BCUT2D eigenvalue weighted by atomic mass is 9.95. The molecule has 0 radical (unpaired) electrons. The summed E-state index contributed by atoms with van der Waals surface area (Å²) in [4.78, 5) is 10.6. The lowest BCUT2D eigenvalue weighted by molar-refractivity contribution is -0.159. The molecule has 0 spiro atoms. The highest BCUT2D eigenvalue weighted by Gasteiger charge is 2.35. The van der Waals surface area contributed by atoms with Crippen molar-refractivity contribution in [3.05, 3.63) is 0 Å². The van der Waals surface area contributed by atoms with Crippen LogP contribution in [0.5, 0.6) is 0 Å². The molecule has 1 saturated heterocycles. The minimum Gasteiger partial charge on any atom is -0.479 e. The van der Waals surface area contributed by atoms with Crippen LogP contribution in [0.25, 0.3) is 0 Å². The highest BCUT2D eigenvalue weighted by atomic mass is 16.4. The van der Waals surface area contributed by atoms with Crippen molar-refractivity contribution < 1.29 is 15.0 Å². The quantitative estimate of drug-likeness (QED) is 0.486. The number of aliphatic carboxylic acids is 1. The maximum atomic E-state index is 10.6. The van der Waals surface area contributed by atoms with E-state index in [2.05, 4.69) is 5.32 Å². The normalized spacial score (nSPS) is 32.8. The van der Waals surface area contributed by atoms with Crippen molar-refractivity contribution in [3.63, 3.8) is 0 Å². The van der Waals surface area contributed by atoms with E-state index in [0.29, 0.717) is 19.4 Å². The average molecular weight is 159 g/mol. The molecule has 4 nitrogen and oxygen atoms in total. The molecule has 3 N–H and O–H groups in total. The molecule has 1 unspecified atom stereocenters. The summed E-state index contributed by atoms with van der Waals surface area (Å²) in [6.07, 6.45) is 1.39. The highest BCUT2D eigenvalue weighted by Crippen LogP contribution is 2.18. The number of hydrogen-bond donors (Lipinski definition) is 3. The number of aliphatic hydroxyl groups is 1. The fraction of sp³-hybridized carbons (Fsp3) is 0.857. The van der Waals surface area contributed by atoms with Crippen LogP contribution in [0, 0.1) is 0 Å². The van der Waals surface area contributed by atoms with Gasteiger partial charge >= 0.3 is 5.97 Å². The summed E-state index contributed by atoms with van der Waals surface area (Å²) in [6, 6.07) is 0. The van der Waals surface area contributed by atoms with E-state index in [9.17, 15) is 9.90 Å². The Hall–Kier alpha value is -0.610. The van der Waals surface area contributed by atoms with Crippen LogP contribution in [0.2, 0.25) is 0 Å². The van der Waals surface area contributed by atoms with E-state index in [-0.39, 0.29) is 0 Å². The topological polar surface area (TPSA) is 69.6 Å². The molecule has 1 aliphatic heterocycles. The van der Waals surface area contributed by atoms with Crippen LogP contribution >= 0.6 is 0 Å². The molecule has 64 valence electrons. The van der Waals surface area contributed by atoms with Crippen LogP contribution in [0.1, 0.15) is 19.3 Å². The zero-order valence-corrected chi connectivity index (χ0v) is 6.34.